The van der Waals surface area contributed by atoms with Gasteiger partial charge in [0.15, 0.2) is 0 Å². The van der Waals surface area contributed by atoms with E-state index in [-0.39, 0.29) is 0 Å². The fourth-order valence-corrected chi connectivity index (χ4v) is 1.17. The van der Waals surface area contributed by atoms with Crippen molar-refractivity contribution in [2.45, 2.75) is 11.3 Å². The van der Waals surface area contributed by atoms with E-state index in [0.717, 1.165) is 16.9 Å². The van der Waals surface area contributed by atoms with Gasteiger partial charge in [-0.15, -0.1) is 12.6 Å². The van der Waals surface area contributed by atoms with Crippen LogP contribution in [0.4, 0.5) is 0 Å². The molecule has 2 N–H and O–H groups in total. The van der Waals surface area contributed by atoms with Gasteiger partial charge in [0.1, 0.15) is 0 Å². The lowest BCUT2D eigenvalue weighted by Crippen LogP contribution is -1.94. The van der Waals surface area contributed by atoms with Crippen LogP contribution in [0.15, 0.2) is 35.2 Å². The van der Waals surface area contributed by atoms with E-state index in [4.69, 9.17) is 5.73 Å². The Kier molecular flexibility index (Phi) is 3.91. The van der Waals surface area contributed by atoms with Crippen molar-refractivity contribution in [3.05, 3.63) is 35.9 Å². The van der Waals surface area contributed by atoms with Gasteiger partial charge >= 0.3 is 0 Å². The maximum Gasteiger partial charge on any atom is 0.0112 e. The van der Waals surface area contributed by atoms with Crippen LogP contribution in [0.2, 0.25) is 0 Å². The van der Waals surface area contributed by atoms with Crippen molar-refractivity contribution in [1.29, 1.82) is 0 Å². The number of nitrogens with two attached hydrogens (primary N) is 1. The minimum Gasteiger partial charge on any atom is -0.330 e. The number of rotatable bonds is 3. The molecule has 0 aliphatic heterocycles. The molecule has 0 saturated heterocycles. The van der Waals surface area contributed by atoms with Crippen LogP contribution in [-0.2, 0) is 0 Å². The normalized spacial score (nSPS) is 10.8. The summed E-state index contributed by atoms with van der Waals surface area (Å²) in [5.41, 5.74) is 6.51. The molecule has 0 unspecified atom stereocenters. The summed E-state index contributed by atoms with van der Waals surface area (Å²) in [6, 6.07) is 7.99. The Balaban J connectivity index is 2.68. The van der Waals surface area contributed by atoms with Crippen LogP contribution < -0.4 is 5.73 Å². The second kappa shape index (κ2) is 5.01. The van der Waals surface area contributed by atoms with E-state index in [0.29, 0.717) is 6.54 Å². The quantitative estimate of drug-likeness (QED) is 0.684. The standard InChI is InChI=1S/C10H13NS/c11-8-4-3-6-9-5-1-2-7-10(9)12/h1-3,5-7,12H,4,8,11H2. The van der Waals surface area contributed by atoms with Crippen LogP contribution in [0.3, 0.4) is 0 Å². The Morgan fingerprint density at radius 1 is 1.33 bits per heavy atom. The molecular weight excluding hydrogens is 166 g/mol. The van der Waals surface area contributed by atoms with Crippen LogP contribution in [-0.4, -0.2) is 6.54 Å². The summed E-state index contributed by atoms with van der Waals surface area (Å²) < 4.78 is 0. The summed E-state index contributed by atoms with van der Waals surface area (Å²) in [7, 11) is 0. The SMILES string of the molecule is NCCC=Cc1ccccc1S. The minimum absolute atomic E-state index is 0.700. The molecule has 2 heteroatoms. The molecule has 0 spiro atoms. The Hall–Kier alpha value is -0.730. The van der Waals surface area contributed by atoms with E-state index < -0.39 is 0 Å². The zero-order valence-corrected chi connectivity index (χ0v) is 7.80. The van der Waals surface area contributed by atoms with Crippen molar-refractivity contribution in [2.75, 3.05) is 6.54 Å². The molecule has 0 atom stereocenters. The molecule has 0 aliphatic rings. The number of benzene rings is 1. The zero-order valence-electron chi connectivity index (χ0n) is 6.90. The number of hydrogen-bond donors (Lipinski definition) is 2. The van der Waals surface area contributed by atoms with Gasteiger partial charge in [-0.05, 0) is 24.6 Å². The second-order valence-electron chi connectivity index (χ2n) is 2.54. The zero-order chi connectivity index (χ0) is 8.81. The van der Waals surface area contributed by atoms with Gasteiger partial charge in [-0.25, -0.2) is 0 Å². The van der Waals surface area contributed by atoms with Gasteiger partial charge in [0.05, 0.1) is 0 Å². The Labute approximate surface area is 78.7 Å². The first-order chi connectivity index (χ1) is 5.84. The minimum atomic E-state index is 0.700. The average molecular weight is 179 g/mol. The molecule has 64 valence electrons. The highest BCUT2D eigenvalue weighted by atomic mass is 32.1. The third-order valence-electron chi connectivity index (χ3n) is 1.57. The van der Waals surface area contributed by atoms with Gasteiger partial charge in [0.2, 0.25) is 0 Å². The molecule has 1 rings (SSSR count). The van der Waals surface area contributed by atoms with Crippen molar-refractivity contribution in [3.8, 4) is 0 Å². The van der Waals surface area contributed by atoms with Crippen molar-refractivity contribution in [2.24, 2.45) is 5.73 Å². The van der Waals surface area contributed by atoms with Gasteiger partial charge in [-0.3, -0.25) is 0 Å². The first kappa shape index (κ1) is 9.36. The molecule has 0 heterocycles. The van der Waals surface area contributed by atoms with Crippen LogP contribution in [0.25, 0.3) is 6.08 Å². The topological polar surface area (TPSA) is 26.0 Å². The van der Waals surface area contributed by atoms with Crippen LogP contribution in [0.5, 0.6) is 0 Å². The van der Waals surface area contributed by atoms with E-state index >= 15 is 0 Å². The first-order valence-corrected chi connectivity index (χ1v) is 4.44. The molecule has 0 amide bonds. The highest BCUT2D eigenvalue weighted by Crippen LogP contribution is 2.14. The van der Waals surface area contributed by atoms with Gasteiger partial charge in [-0.2, -0.15) is 0 Å². The summed E-state index contributed by atoms with van der Waals surface area (Å²) in [6.45, 7) is 0.700. The van der Waals surface area contributed by atoms with Crippen molar-refractivity contribution in [1.82, 2.24) is 0 Å². The number of thiol groups is 1. The molecule has 12 heavy (non-hydrogen) atoms. The van der Waals surface area contributed by atoms with Crippen molar-refractivity contribution in [3.63, 3.8) is 0 Å². The smallest absolute Gasteiger partial charge is 0.0112 e. The summed E-state index contributed by atoms with van der Waals surface area (Å²) >= 11 is 4.32. The van der Waals surface area contributed by atoms with Gasteiger partial charge in [0, 0.05) is 4.90 Å². The molecule has 1 aromatic carbocycles. The largest absolute Gasteiger partial charge is 0.330 e. The van der Waals surface area contributed by atoms with E-state index in [1.165, 1.54) is 0 Å². The van der Waals surface area contributed by atoms with Crippen LogP contribution >= 0.6 is 12.6 Å². The molecule has 0 saturated carbocycles. The molecule has 0 fully saturated rings. The van der Waals surface area contributed by atoms with Gasteiger partial charge in [0.25, 0.3) is 0 Å². The Morgan fingerprint density at radius 3 is 2.75 bits per heavy atom. The van der Waals surface area contributed by atoms with E-state index in [2.05, 4.69) is 24.8 Å². The third-order valence-corrected chi connectivity index (χ3v) is 1.97. The summed E-state index contributed by atoms with van der Waals surface area (Å²) in [5, 5.41) is 0. The monoisotopic (exact) mass is 179 g/mol. The lowest BCUT2D eigenvalue weighted by Gasteiger charge is -1.96. The fourth-order valence-electron chi connectivity index (χ4n) is 0.935. The predicted octanol–water partition coefficient (Wildman–Crippen LogP) is 2.34. The number of hydrogen-bond acceptors (Lipinski definition) is 2. The van der Waals surface area contributed by atoms with Gasteiger partial charge < -0.3 is 5.73 Å². The molecule has 1 nitrogen and oxygen atoms in total. The van der Waals surface area contributed by atoms with Crippen molar-refractivity contribution < 1.29 is 0 Å². The molecule has 0 aromatic heterocycles. The predicted molar refractivity (Wildman–Crippen MR) is 56.4 cm³/mol. The molecule has 0 radical (unpaired) electrons. The van der Waals surface area contributed by atoms with Crippen molar-refractivity contribution >= 4 is 18.7 Å². The van der Waals surface area contributed by atoms with E-state index in [1.54, 1.807) is 0 Å². The Morgan fingerprint density at radius 2 is 2.08 bits per heavy atom. The van der Waals surface area contributed by atoms with Gasteiger partial charge in [-0.1, -0.05) is 30.4 Å². The lowest BCUT2D eigenvalue weighted by molar-refractivity contribution is 1.01. The molecule has 1 aromatic rings. The maximum atomic E-state index is 5.36. The summed E-state index contributed by atoms with van der Waals surface area (Å²) in [5.74, 6) is 0. The lowest BCUT2D eigenvalue weighted by atomic mass is 10.2. The van der Waals surface area contributed by atoms with Crippen LogP contribution in [0, 0.1) is 0 Å². The van der Waals surface area contributed by atoms with E-state index in [9.17, 15) is 0 Å². The third kappa shape index (κ3) is 2.72. The average Bonchev–Trinajstić information content (AvgIpc) is 2.09. The fraction of sp³-hybridized carbons (Fsp3) is 0.200. The molecular formula is C10H13NS. The Bertz CT molecular complexity index is 268. The highest BCUT2D eigenvalue weighted by molar-refractivity contribution is 7.80. The molecule has 0 aliphatic carbocycles. The second-order valence-corrected chi connectivity index (χ2v) is 3.02. The summed E-state index contributed by atoms with van der Waals surface area (Å²) in [6.07, 6.45) is 5.03. The van der Waals surface area contributed by atoms with Crippen LogP contribution in [0.1, 0.15) is 12.0 Å². The maximum absolute atomic E-state index is 5.36. The van der Waals surface area contributed by atoms with E-state index in [1.807, 2.05) is 24.3 Å². The summed E-state index contributed by atoms with van der Waals surface area (Å²) in [4.78, 5) is 1.01. The first-order valence-electron chi connectivity index (χ1n) is 3.99. The molecule has 0 bridgehead atoms. The highest BCUT2D eigenvalue weighted by Gasteiger charge is 1.90.